The molecule has 1 aromatic carbocycles. The highest BCUT2D eigenvalue weighted by molar-refractivity contribution is 5.83. The van der Waals surface area contributed by atoms with Gasteiger partial charge in [-0.15, -0.1) is 0 Å². The number of nitrogens with one attached hydrogen (secondary N) is 1. The molecule has 4 rings (SSSR count). The first kappa shape index (κ1) is 14.8. The number of aryl methyl sites for hydroxylation is 1. The van der Waals surface area contributed by atoms with E-state index in [-0.39, 0.29) is 0 Å². The maximum atomic E-state index is 4.18. The van der Waals surface area contributed by atoms with Crippen LogP contribution in [0.2, 0.25) is 0 Å². The van der Waals surface area contributed by atoms with Crippen molar-refractivity contribution in [3.05, 3.63) is 35.5 Å². The van der Waals surface area contributed by atoms with Gasteiger partial charge in [-0.3, -0.25) is 5.10 Å². The molecule has 0 saturated heterocycles. The van der Waals surface area contributed by atoms with Crippen LogP contribution in [0, 0.1) is 12.3 Å². The van der Waals surface area contributed by atoms with E-state index in [0.29, 0.717) is 17.4 Å². The van der Waals surface area contributed by atoms with Crippen molar-refractivity contribution in [1.29, 1.82) is 0 Å². The Labute approximate surface area is 139 Å². The Morgan fingerprint density at radius 2 is 2.09 bits per heavy atom. The van der Waals surface area contributed by atoms with Crippen LogP contribution >= 0.6 is 0 Å². The number of aromatic amines is 1. The van der Waals surface area contributed by atoms with Crippen LogP contribution in [0.4, 0.5) is 5.69 Å². The molecular weight excluding hydrogens is 282 g/mol. The van der Waals surface area contributed by atoms with Gasteiger partial charge in [-0.2, -0.15) is 5.10 Å². The molecular formula is C20H27N3. The monoisotopic (exact) mass is 309 g/mol. The molecule has 3 heteroatoms. The second-order valence-electron chi connectivity index (χ2n) is 8.51. The van der Waals surface area contributed by atoms with Gasteiger partial charge in [-0.05, 0) is 42.9 Å². The molecule has 1 saturated carbocycles. The van der Waals surface area contributed by atoms with Crippen LogP contribution in [0.25, 0.3) is 11.3 Å². The number of benzene rings is 1. The Hall–Kier alpha value is -1.77. The summed E-state index contributed by atoms with van der Waals surface area (Å²) in [5, 5.41) is 7.36. The van der Waals surface area contributed by atoms with E-state index in [1.54, 1.807) is 5.56 Å². The number of nitrogens with zero attached hydrogens (tertiary/aromatic N) is 2. The summed E-state index contributed by atoms with van der Waals surface area (Å²) in [5.74, 6) is 0.717. The van der Waals surface area contributed by atoms with Gasteiger partial charge in [0.1, 0.15) is 0 Å². The minimum atomic E-state index is 0.297. The second kappa shape index (κ2) is 5.12. The lowest BCUT2D eigenvalue weighted by Gasteiger charge is -2.34. The van der Waals surface area contributed by atoms with Crippen molar-refractivity contribution in [2.45, 2.75) is 58.9 Å². The molecule has 2 aliphatic rings. The molecule has 1 fully saturated rings. The first-order chi connectivity index (χ1) is 10.9. The van der Waals surface area contributed by atoms with E-state index >= 15 is 0 Å². The molecule has 2 atom stereocenters. The van der Waals surface area contributed by atoms with Gasteiger partial charge in [0.15, 0.2) is 0 Å². The third kappa shape index (κ3) is 2.46. The molecule has 0 amide bonds. The summed E-state index contributed by atoms with van der Waals surface area (Å²) in [6, 6.07) is 7.54. The lowest BCUT2D eigenvalue weighted by atomic mass is 9.93. The van der Waals surface area contributed by atoms with Gasteiger partial charge < -0.3 is 4.90 Å². The van der Waals surface area contributed by atoms with E-state index in [0.717, 1.165) is 12.2 Å². The average molecular weight is 309 g/mol. The normalized spacial score (nSPS) is 23.2. The van der Waals surface area contributed by atoms with Crippen LogP contribution in [-0.4, -0.2) is 22.8 Å². The van der Waals surface area contributed by atoms with Crippen molar-refractivity contribution >= 4 is 5.69 Å². The van der Waals surface area contributed by atoms with Gasteiger partial charge in [0.2, 0.25) is 0 Å². The van der Waals surface area contributed by atoms with E-state index < -0.39 is 0 Å². The van der Waals surface area contributed by atoms with Gasteiger partial charge in [0.05, 0.1) is 11.4 Å². The number of H-pyrrole nitrogens is 1. The first-order valence-corrected chi connectivity index (χ1v) is 8.85. The van der Waals surface area contributed by atoms with Crippen molar-refractivity contribution in [3.8, 4) is 11.3 Å². The zero-order valence-corrected chi connectivity index (χ0v) is 14.7. The highest BCUT2D eigenvalue weighted by Gasteiger charge is 2.43. The molecule has 2 heterocycles. The summed E-state index contributed by atoms with van der Waals surface area (Å²) in [4.78, 5) is 2.71. The standard InChI is InChI=1S/C20H27N3/c1-13-10-15-14-6-5-7-18(14)23(12-20(2,3)4)19(15)16(11-13)17-8-9-21-22-17/h8-11,14,18H,5-7,12H2,1-4H3,(H,21,22). The topological polar surface area (TPSA) is 31.9 Å². The molecule has 1 aliphatic heterocycles. The highest BCUT2D eigenvalue weighted by atomic mass is 15.2. The fourth-order valence-corrected chi connectivity index (χ4v) is 4.57. The maximum Gasteiger partial charge on any atom is 0.0671 e. The van der Waals surface area contributed by atoms with Crippen LogP contribution < -0.4 is 4.90 Å². The summed E-state index contributed by atoms with van der Waals surface area (Å²) in [5.41, 5.74) is 7.16. The lowest BCUT2D eigenvalue weighted by Crippen LogP contribution is -2.38. The maximum absolute atomic E-state index is 4.18. The summed E-state index contributed by atoms with van der Waals surface area (Å²) < 4.78 is 0. The van der Waals surface area contributed by atoms with Crippen molar-refractivity contribution in [1.82, 2.24) is 10.2 Å². The van der Waals surface area contributed by atoms with Crippen LogP contribution in [0.15, 0.2) is 24.4 Å². The molecule has 2 aromatic rings. The molecule has 1 N–H and O–H groups in total. The van der Waals surface area contributed by atoms with E-state index in [1.807, 2.05) is 6.20 Å². The molecule has 0 bridgehead atoms. The predicted octanol–water partition coefficient (Wildman–Crippen LogP) is 4.89. The Morgan fingerprint density at radius 1 is 1.26 bits per heavy atom. The zero-order valence-electron chi connectivity index (χ0n) is 14.7. The SMILES string of the molecule is Cc1cc(-c2ccn[nH]2)c2c(c1)C1CCCC1N2CC(C)(C)C. The van der Waals surface area contributed by atoms with Crippen LogP contribution in [0.3, 0.4) is 0 Å². The zero-order chi connectivity index (χ0) is 16.2. The van der Waals surface area contributed by atoms with Crippen molar-refractivity contribution in [3.63, 3.8) is 0 Å². The van der Waals surface area contributed by atoms with Crippen molar-refractivity contribution in [2.75, 3.05) is 11.4 Å². The molecule has 3 nitrogen and oxygen atoms in total. The largest absolute Gasteiger partial charge is 0.367 e. The fourth-order valence-electron chi connectivity index (χ4n) is 4.57. The Kier molecular flexibility index (Phi) is 3.29. The second-order valence-corrected chi connectivity index (χ2v) is 8.51. The van der Waals surface area contributed by atoms with Crippen LogP contribution in [0.5, 0.6) is 0 Å². The third-order valence-corrected chi connectivity index (χ3v) is 5.29. The smallest absolute Gasteiger partial charge is 0.0671 e. The predicted molar refractivity (Wildman–Crippen MR) is 95.9 cm³/mol. The Morgan fingerprint density at radius 3 is 2.78 bits per heavy atom. The highest BCUT2D eigenvalue weighted by Crippen LogP contribution is 2.53. The number of anilines is 1. The number of fused-ring (bicyclic) bond motifs is 3. The van der Waals surface area contributed by atoms with Gasteiger partial charge >= 0.3 is 0 Å². The quantitative estimate of drug-likeness (QED) is 0.856. The molecule has 0 spiro atoms. The van der Waals surface area contributed by atoms with Gasteiger partial charge in [-0.1, -0.05) is 38.8 Å². The third-order valence-electron chi connectivity index (χ3n) is 5.29. The summed E-state index contributed by atoms with van der Waals surface area (Å²) in [6.45, 7) is 10.4. The fraction of sp³-hybridized carbons (Fsp3) is 0.550. The van der Waals surface area contributed by atoms with Crippen LogP contribution in [0.1, 0.15) is 57.1 Å². The number of hydrogen-bond acceptors (Lipinski definition) is 2. The van der Waals surface area contributed by atoms with Crippen molar-refractivity contribution < 1.29 is 0 Å². The summed E-state index contributed by atoms with van der Waals surface area (Å²) in [7, 11) is 0. The minimum Gasteiger partial charge on any atom is -0.367 e. The Balaban J connectivity index is 1.89. The molecule has 1 aromatic heterocycles. The van der Waals surface area contributed by atoms with Gasteiger partial charge in [0, 0.05) is 30.3 Å². The minimum absolute atomic E-state index is 0.297. The molecule has 0 radical (unpaired) electrons. The van der Waals surface area contributed by atoms with E-state index in [9.17, 15) is 0 Å². The first-order valence-electron chi connectivity index (χ1n) is 8.85. The number of aromatic nitrogens is 2. The van der Waals surface area contributed by atoms with Crippen molar-refractivity contribution in [2.24, 2.45) is 5.41 Å². The lowest BCUT2D eigenvalue weighted by molar-refractivity contribution is 0.391. The van der Waals surface area contributed by atoms with Gasteiger partial charge in [-0.25, -0.2) is 0 Å². The van der Waals surface area contributed by atoms with E-state index in [1.165, 1.54) is 36.1 Å². The summed E-state index contributed by atoms with van der Waals surface area (Å²) in [6.07, 6.45) is 5.89. The van der Waals surface area contributed by atoms with Gasteiger partial charge in [0.25, 0.3) is 0 Å². The Bertz CT molecular complexity index is 709. The number of hydrogen-bond donors (Lipinski definition) is 1. The average Bonchev–Trinajstić information content (AvgIpc) is 3.17. The van der Waals surface area contributed by atoms with Crippen LogP contribution in [-0.2, 0) is 0 Å². The molecule has 23 heavy (non-hydrogen) atoms. The molecule has 122 valence electrons. The molecule has 1 aliphatic carbocycles. The van der Waals surface area contributed by atoms with E-state index in [4.69, 9.17) is 0 Å². The molecule has 2 unspecified atom stereocenters. The summed E-state index contributed by atoms with van der Waals surface area (Å²) >= 11 is 0. The van der Waals surface area contributed by atoms with E-state index in [2.05, 4.69) is 61.0 Å². The number of rotatable bonds is 2.